The van der Waals surface area contributed by atoms with Gasteiger partial charge >= 0.3 is 6.11 Å². The molecule has 24 heavy (non-hydrogen) atoms. The van der Waals surface area contributed by atoms with Crippen molar-refractivity contribution in [1.29, 1.82) is 0 Å². The van der Waals surface area contributed by atoms with Gasteiger partial charge in [0.25, 0.3) is 15.7 Å². The van der Waals surface area contributed by atoms with Gasteiger partial charge in [0.1, 0.15) is 0 Å². The Kier molecular flexibility index (Phi) is 5.29. The molecule has 0 saturated carbocycles. The van der Waals surface area contributed by atoms with Crippen LogP contribution in [0.2, 0.25) is 0 Å². The second kappa shape index (κ2) is 6.90. The zero-order valence-corrected chi connectivity index (χ0v) is 13.9. The zero-order valence-electron chi connectivity index (χ0n) is 12.3. The first-order valence-corrected chi connectivity index (χ1v) is 8.57. The Balaban J connectivity index is 2.32. The average molecular weight is 380 g/mol. The number of hydrogen-bond acceptors (Lipinski definition) is 3. The summed E-state index contributed by atoms with van der Waals surface area (Å²) in [5.74, 6) is -0.554. The summed E-state index contributed by atoms with van der Waals surface area (Å²) in [6, 6.07) is 10.9. The van der Waals surface area contributed by atoms with Crippen molar-refractivity contribution in [3.8, 4) is 5.75 Å². The first-order valence-electron chi connectivity index (χ1n) is 6.65. The predicted octanol–water partition coefficient (Wildman–Crippen LogP) is 4.30. The van der Waals surface area contributed by atoms with E-state index in [1.165, 1.54) is 30.3 Å². The maximum Gasteiger partial charge on any atom is 0.444 e. The Bertz CT molecular complexity index is 811. The number of para-hydroxylation sites is 2. The van der Waals surface area contributed by atoms with Crippen molar-refractivity contribution >= 4 is 27.3 Å². The fourth-order valence-electron chi connectivity index (χ4n) is 1.75. The van der Waals surface area contributed by atoms with Crippen molar-refractivity contribution in [3.05, 3.63) is 54.1 Å². The smallest absolute Gasteiger partial charge is 0.427 e. The molecule has 0 fully saturated rings. The van der Waals surface area contributed by atoms with E-state index in [1.807, 2.05) is 0 Å². The van der Waals surface area contributed by atoms with Crippen LogP contribution in [0, 0.1) is 6.92 Å². The normalized spacial score (nSPS) is 13.4. The maximum absolute atomic E-state index is 13.3. The number of halogens is 4. The van der Waals surface area contributed by atoms with Crippen LogP contribution in [0.15, 0.2) is 53.4 Å². The molecule has 0 amide bonds. The average Bonchev–Trinajstić information content (AvgIpc) is 2.49. The molecule has 0 saturated heterocycles. The monoisotopic (exact) mass is 379 g/mol. The second-order valence-corrected chi connectivity index (χ2v) is 6.94. The number of sulfonamides is 1. The summed E-state index contributed by atoms with van der Waals surface area (Å²) < 4.78 is 70.3. The van der Waals surface area contributed by atoms with Gasteiger partial charge in [0.2, 0.25) is 0 Å². The topological polar surface area (TPSA) is 55.4 Å². The molecule has 130 valence electrons. The summed E-state index contributed by atoms with van der Waals surface area (Å²) in [5, 5.41) is 0. The molecule has 0 aliphatic rings. The van der Waals surface area contributed by atoms with E-state index >= 15 is 0 Å². The number of rotatable bonds is 6. The summed E-state index contributed by atoms with van der Waals surface area (Å²) in [7, 11) is -4.03. The molecule has 0 heterocycles. The maximum atomic E-state index is 13.3. The van der Waals surface area contributed by atoms with E-state index in [4.69, 9.17) is 11.6 Å². The Labute approximate surface area is 142 Å². The number of benzene rings is 2. The zero-order chi connectivity index (χ0) is 18.0. The van der Waals surface area contributed by atoms with Gasteiger partial charge in [-0.2, -0.15) is 8.78 Å². The van der Waals surface area contributed by atoms with Crippen LogP contribution < -0.4 is 9.46 Å². The van der Waals surface area contributed by atoms with E-state index < -0.39 is 27.5 Å². The summed E-state index contributed by atoms with van der Waals surface area (Å²) >= 11 is 4.74. The lowest BCUT2D eigenvalue weighted by atomic mass is 10.2. The van der Waals surface area contributed by atoms with Gasteiger partial charge in [0.05, 0.1) is 10.6 Å². The SMILES string of the molecule is Cc1ccc(S(=O)(=O)Nc2ccccc2OC(F)(F)C(F)Cl)cc1. The van der Waals surface area contributed by atoms with E-state index in [2.05, 4.69) is 9.46 Å². The number of anilines is 1. The Morgan fingerprint density at radius 2 is 1.71 bits per heavy atom. The Hall–Kier alpha value is -1.93. The highest BCUT2D eigenvalue weighted by Gasteiger charge is 2.42. The highest BCUT2D eigenvalue weighted by molar-refractivity contribution is 7.92. The number of hydrogen-bond donors (Lipinski definition) is 1. The summed E-state index contributed by atoms with van der Waals surface area (Å²) in [5.41, 5.74) is -2.50. The summed E-state index contributed by atoms with van der Waals surface area (Å²) in [6.45, 7) is 1.79. The first-order chi connectivity index (χ1) is 11.1. The van der Waals surface area contributed by atoms with Gasteiger partial charge in [0, 0.05) is 0 Å². The van der Waals surface area contributed by atoms with E-state index in [1.54, 1.807) is 19.1 Å². The number of nitrogens with one attached hydrogen (secondary N) is 1. The Morgan fingerprint density at radius 3 is 2.29 bits per heavy atom. The molecular formula is C15H13ClF3NO3S. The lowest BCUT2D eigenvalue weighted by Crippen LogP contribution is -2.33. The minimum atomic E-state index is -4.31. The van der Waals surface area contributed by atoms with Crippen molar-refractivity contribution in [2.24, 2.45) is 0 Å². The summed E-state index contributed by atoms with van der Waals surface area (Å²) in [6.07, 6.45) is -4.31. The molecule has 0 aliphatic carbocycles. The van der Waals surface area contributed by atoms with E-state index in [0.717, 1.165) is 11.6 Å². The highest BCUT2D eigenvalue weighted by atomic mass is 35.5. The second-order valence-electron chi connectivity index (χ2n) is 4.88. The molecule has 9 heteroatoms. The quantitative estimate of drug-likeness (QED) is 0.761. The van der Waals surface area contributed by atoms with Gasteiger partial charge in [0.15, 0.2) is 5.75 Å². The predicted molar refractivity (Wildman–Crippen MR) is 84.8 cm³/mol. The minimum Gasteiger partial charge on any atom is -0.427 e. The fraction of sp³-hybridized carbons (Fsp3) is 0.200. The third kappa shape index (κ3) is 4.33. The van der Waals surface area contributed by atoms with Gasteiger partial charge in [-0.15, -0.1) is 0 Å². The molecule has 1 unspecified atom stereocenters. The first kappa shape index (κ1) is 18.4. The van der Waals surface area contributed by atoms with E-state index in [9.17, 15) is 21.6 Å². The van der Waals surface area contributed by atoms with Crippen molar-refractivity contribution in [2.45, 2.75) is 23.6 Å². The van der Waals surface area contributed by atoms with E-state index in [0.29, 0.717) is 0 Å². The van der Waals surface area contributed by atoms with Gasteiger partial charge in [-0.3, -0.25) is 4.72 Å². The van der Waals surface area contributed by atoms with Crippen molar-refractivity contribution in [3.63, 3.8) is 0 Å². The molecule has 2 aromatic rings. The molecule has 0 bridgehead atoms. The van der Waals surface area contributed by atoms with Crippen LogP contribution in [0.4, 0.5) is 18.9 Å². The van der Waals surface area contributed by atoms with Gasteiger partial charge in [-0.25, -0.2) is 12.8 Å². The van der Waals surface area contributed by atoms with Crippen molar-refractivity contribution < 1.29 is 26.3 Å². The molecule has 0 spiro atoms. The summed E-state index contributed by atoms with van der Waals surface area (Å²) in [4.78, 5) is -0.0598. The highest BCUT2D eigenvalue weighted by Crippen LogP contribution is 2.34. The molecule has 0 aromatic heterocycles. The van der Waals surface area contributed by atoms with Gasteiger partial charge in [-0.1, -0.05) is 41.4 Å². The molecule has 2 aromatic carbocycles. The van der Waals surface area contributed by atoms with Crippen LogP contribution in [0.3, 0.4) is 0 Å². The molecule has 1 N–H and O–H groups in total. The number of alkyl halides is 4. The largest absolute Gasteiger partial charge is 0.444 e. The van der Waals surface area contributed by atoms with Gasteiger partial charge in [-0.05, 0) is 31.2 Å². The number of ether oxygens (including phenoxy) is 1. The van der Waals surface area contributed by atoms with Crippen LogP contribution in [0.25, 0.3) is 0 Å². The van der Waals surface area contributed by atoms with Crippen LogP contribution >= 0.6 is 11.6 Å². The molecule has 1 atom stereocenters. The molecular weight excluding hydrogens is 367 g/mol. The van der Waals surface area contributed by atoms with Crippen molar-refractivity contribution in [2.75, 3.05) is 4.72 Å². The standard InChI is InChI=1S/C15H13ClF3NO3S/c1-10-6-8-11(9-7-10)24(21,22)20-12-4-2-3-5-13(12)23-15(18,19)14(16)17/h2-9,14,20H,1H3. The lowest BCUT2D eigenvalue weighted by Gasteiger charge is -2.20. The van der Waals surface area contributed by atoms with Crippen LogP contribution in [0.5, 0.6) is 5.75 Å². The van der Waals surface area contributed by atoms with Crippen molar-refractivity contribution in [1.82, 2.24) is 0 Å². The minimum absolute atomic E-state index is 0.0598. The van der Waals surface area contributed by atoms with Crippen LogP contribution in [-0.4, -0.2) is 20.2 Å². The number of aryl methyl sites for hydroxylation is 1. The third-order valence-electron chi connectivity index (χ3n) is 2.96. The van der Waals surface area contributed by atoms with Crippen LogP contribution in [0.1, 0.15) is 5.56 Å². The molecule has 4 nitrogen and oxygen atoms in total. The van der Waals surface area contributed by atoms with Crippen LogP contribution in [-0.2, 0) is 10.0 Å². The third-order valence-corrected chi connectivity index (χ3v) is 4.60. The lowest BCUT2D eigenvalue weighted by molar-refractivity contribution is -0.198. The Morgan fingerprint density at radius 1 is 1.12 bits per heavy atom. The fourth-order valence-corrected chi connectivity index (χ4v) is 2.87. The molecule has 0 radical (unpaired) electrons. The van der Waals surface area contributed by atoms with E-state index in [-0.39, 0.29) is 10.6 Å². The van der Waals surface area contributed by atoms with Gasteiger partial charge < -0.3 is 4.74 Å². The molecule has 0 aliphatic heterocycles. The molecule has 2 rings (SSSR count).